The first kappa shape index (κ1) is 13.6. The number of aryl methyl sites for hydroxylation is 2. The highest BCUT2D eigenvalue weighted by Gasteiger charge is 2.14. The molecule has 2 aromatic heterocycles. The van der Waals surface area contributed by atoms with Crippen LogP contribution in [-0.2, 0) is 19.6 Å². The minimum atomic E-state index is -0.276. The molecule has 1 N–H and O–H groups in total. The normalized spacial score (nSPS) is 10.7. The number of hydrogen-bond acceptors (Lipinski definition) is 3. The second-order valence-corrected chi connectivity index (χ2v) is 4.48. The standard InChI is InChI=1S/C12H16ClN5O/c1-3-17-7-9(6-15-17)5-14-12(19)11-10(13)8-18(4-2)16-11/h6-8H,3-5H2,1-2H3,(H,14,19). The molecule has 2 rings (SSSR count). The molecule has 0 spiro atoms. The van der Waals surface area contributed by atoms with E-state index >= 15 is 0 Å². The van der Waals surface area contributed by atoms with Crippen LogP contribution in [0, 0.1) is 0 Å². The Morgan fingerprint density at radius 3 is 2.63 bits per heavy atom. The second kappa shape index (κ2) is 5.88. The predicted molar refractivity (Wildman–Crippen MR) is 72.0 cm³/mol. The second-order valence-electron chi connectivity index (χ2n) is 4.07. The smallest absolute Gasteiger partial charge is 0.273 e. The summed E-state index contributed by atoms with van der Waals surface area (Å²) in [5, 5.41) is 11.4. The van der Waals surface area contributed by atoms with E-state index in [0.29, 0.717) is 18.1 Å². The van der Waals surface area contributed by atoms with E-state index in [9.17, 15) is 4.79 Å². The van der Waals surface area contributed by atoms with Gasteiger partial charge in [-0.25, -0.2) is 0 Å². The maximum Gasteiger partial charge on any atom is 0.273 e. The van der Waals surface area contributed by atoms with Gasteiger partial charge in [-0.05, 0) is 13.8 Å². The highest BCUT2D eigenvalue weighted by Crippen LogP contribution is 2.13. The monoisotopic (exact) mass is 281 g/mol. The summed E-state index contributed by atoms with van der Waals surface area (Å²) in [7, 11) is 0. The Balaban J connectivity index is 1.98. The van der Waals surface area contributed by atoms with Gasteiger partial charge in [0.1, 0.15) is 0 Å². The molecule has 0 aromatic carbocycles. The van der Waals surface area contributed by atoms with Gasteiger partial charge in [-0.3, -0.25) is 14.2 Å². The highest BCUT2D eigenvalue weighted by atomic mass is 35.5. The van der Waals surface area contributed by atoms with Crippen LogP contribution >= 0.6 is 11.6 Å². The van der Waals surface area contributed by atoms with E-state index in [1.165, 1.54) is 0 Å². The molecule has 0 aliphatic heterocycles. The van der Waals surface area contributed by atoms with Crippen molar-refractivity contribution in [2.75, 3.05) is 0 Å². The summed E-state index contributed by atoms with van der Waals surface area (Å²) in [6, 6.07) is 0. The molecule has 0 aliphatic rings. The van der Waals surface area contributed by atoms with Gasteiger partial charge in [-0.2, -0.15) is 10.2 Å². The molecular formula is C12H16ClN5O. The Labute approximate surface area is 116 Å². The Morgan fingerprint density at radius 2 is 2.05 bits per heavy atom. The summed E-state index contributed by atoms with van der Waals surface area (Å²) in [5.41, 5.74) is 1.20. The van der Waals surface area contributed by atoms with Crippen LogP contribution in [0.5, 0.6) is 0 Å². The van der Waals surface area contributed by atoms with E-state index in [2.05, 4.69) is 15.5 Å². The topological polar surface area (TPSA) is 64.7 Å². The average Bonchev–Trinajstić information content (AvgIpc) is 3.02. The predicted octanol–water partition coefficient (Wildman–Crippen LogP) is 1.70. The van der Waals surface area contributed by atoms with Gasteiger partial charge in [-0.1, -0.05) is 11.6 Å². The maximum atomic E-state index is 11.9. The minimum Gasteiger partial charge on any atom is -0.346 e. The van der Waals surface area contributed by atoms with Crippen molar-refractivity contribution >= 4 is 17.5 Å². The van der Waals surface area contributed by atoms with Crippen molar-refractivity contribution in [3.05, 3.63) is 34.9 Å². The molecule has 2 aromatic rings. The summed E-state index contributed by atoms with van der Waals surface area (Å²) in [6.07, 6.45) is 5.27. The van der Waals surface area contributed by atoms with Crippen molar-refractivity contribution in [1.29, 1.82) is 0 Å². The molecule has 0 saturated heterocycles. The van der Waals surface area contributed by atoms with Gasteiger partial charge < -0.3 is 5.32 Å². The van der Waals surface area contributed by atoms with Crippen LogP contribution < -0.4 is 5.32 Å². The first-order chi connectivity index (χ1) is 9.13. The van der Waals surface area contributed by atoms with Crippen molar-refractivity contribution in [2.45, 2.75) is 33.5 Å². The quantitative estimate of drug-likeness (QED) is 0.907. The third-order valence-electron chi connectivity index (χ3n) is 2.72. The van der Waals surface area contributed by atoms with Gasteiger partial charge in [-0.15, -0.1) is 0 Å². The number of carbonyl (C=O) groups is 1. The van der Waals surface area contributed by atoms with Crippen LogP contribution in [0.3, 0.4) is 0 Å². The number of rotatable bonds is 5. The zero-order valence-electron chi connectivity index (χ0n) is 10.9. The average molecular weight is 282 g/mol. The van der Waals surface area contributed by atoms with Crippen LogP contribution in [0.1, 0.15) is 29.9 Å². The van der Waals surface area contributed by atoms with Gasteiger partial charge in [0.05, 0.1) is 11.2 Å². The largest absolute Gasteiger partial charge is 0.346 e. The number of carbonyl (C=O) groups excluding carboxylic acids is 1. The lowest BCUT2D eigenvalue weighted by Crippen LogP contribution is -2.23. The van der Waals surface area contributed by atoms with Crippen molar-refractivity contribution in [3.8, 4) is 0 Å². The zero-order chi connectivity index (χ0) is 13.8. The number of hydrogen-bond donors (Lipinski definition) is 1. The van der Waals surface area contributed by atoms with E-state index in [4.69, 9.17) is 11.6 Å². The fourth-order valence-corrected chi connectivity index (χ4v) is 1.89. The van der Waals surface area contributed by atoms with E-state index in [0.717, 1.165) is 12.1 Å². The fourth-order valence-electron chi connectivity index (χ4n) is 1.65. The van der Waals surface area contributed by atoms with Crippen LogP contribution in [0.4, 0.5) is 0 Å². The van der Waals surface area contributed by atoms with Crippen molar-refractivity contribution in [1.82, 2.24) is 24.9 Å². The highest BCUT2D eigenvalue weighted by molar-refractivity contribution is 6.33. The molecule has 2 heterocycles. The van der Waals surface area contributed by atoms with Crippen LogP contribution in [0.15, 0.2) is 18.6 Å². The van der Waals surface area contributed by atoms with Crippen molar-refractivity contribution in [2.24, 2.45) is 0 Å². The molecule has 6 nitrogen and oxygen atoms in total. The molecular weight excluding hydrogens is 266 g/mol. The Bertz CT molecular complexity index is 574. The van der Waals surface area contributed by atoms with Crippen LogP contribution in [-0.4, -0.2) is 25.5 Å². The van der Waals surface area contributed by atoms with E-state index in [1.54, 1.807) is 21.8 Å². The lowest BCUT2D eigenvalue weighted by Gasteiger charge is -2.01. The first-order valence-electron chi connectivity index (χ1n) is 6.16. The summed E-state index contributed by atoms with van der Waals surface area (Å²) in [5.74, 6) is -0.276. The molecule has 102 valence electrons. The minimum absolute atomic E-state index is 0.256. The van der Waals surface area contributed by atoms with Crippen molar-refractivity contribution in [3.63, 3.8) is 0 Å². The number of nitrogens with zero attached hydrogens (tertiary/aromatic N) is 4. The summed E-state index contributed by atoms with van der Waals surface area (Å²) >= 11 is 5.97. The van der Waals surface area contributed by atoms with Crippen molar-refractivity contribution < 1.29 is 4.79 Å². The lowest BCUT2D eigenvalue weighted by atomic mass is 10.3. The van der Waals surface area contributed by atoms with Gasteiger partial charge >= 0.3 is 0 Å². The molecule has 0 saturated carbocycles. The summed E-state index contributed by atoms with van der Waals surface area (Å²) in [4.78, 5) is 11.9. The molecule has 19 heavy (non-hydrogen) atoms. The Morgan fingerprint density at radius 1 is 1.32 bits per heavy atom. The van der Waals surface area contributed by atoms with Gasteiger partial charge in [0.25, 0.3) is 5.91 Å². The number of amides is 1. The number of nitrogens with one attached hydrogen (secondary N) is 1. The molecule has 7 heteroatoms. The van der Waals surface area contributed by atoms with Gasteiger partial charge in [0, 0.05) is 37.6 Å². The third kappa shape index (κ3) is 3.14. The van der Waals surface area contributed by atoms with Crippen LogP contribution in [0.2, 0.25) is 5.02 Å². The van der Waals surface area contributed by atoms with Gasteiger partial charge in [0.15, 0.2) is 5.69 Å². The summed E-state index contributed by atoms with van der Waals surface area (Å²) in [6.45, 7) is 5.84. The number of halogens is 1. The van der Waals surface area contributed by atoms with E-state index in [1.807, 2.05) is 20.0 Å². The fraction of sp³-hybridized carbons (Fsp3) is 0.417. The van der Waals surface area contributed by atoms with Gasteiger partial charge in [0.2, 0.25) is 0 Å². The SMILES string of the molecule is CCn1cc(CNC(=O)c2nn(CC)cc2Cl)cn1. The lowest BCUT2D eigenvalue weighted by molar-refractivity contribution is 0.0945. The molecule has 0 atom stereocenters. The molecule has 0 unspecified atom stereocenters. The van der Waals surface area contributed by atoms with E-state index < -0.39 is 0 Å². The Hall–Kier alpha value is -1.82. The molecule has 1 amide bonds. The Kier molecular flexibility index (Phi) is 4.21. The third-order valence-corrected chi connectivity index (χ3v) is 3.00. The molecule has 0 bridgehead atoms. The molecule has 0 radical (unpaired) electrons. The van der Waals surface area contributed by atoms with E-state index in [-0.39, 0.29) is 11.6 Å². The molecule has 0 fully saturated rings. The first-order valence-corrected chi connectivity index (χ1v) is 6.54. The summed E-state index contributed by atoms with van der Waals surface area (Å²) < 4.78 is 3.44. The zero-order valence-corrected chi connectivity index (χ0v) is 11.7. The maximum absolute atomic E-state index is 11.9. The van der Waals surface area contributed by atoms with Crippen LogP contribution in [0.25, 0.3) is 0 Å². The molecule has 0 aliphatic carbocycles. The number of aromatic nitrogens is 4.